The predicted octanol–water partition coefficient (Wildman–Crippen LogP) is 5.75. The summed E-state index contributed by atoms with van der Waals surface area (Å²) in [5.74, 6) is 1.27. The lowest BCUT2D eigenvalue weighted by Crippen LogP contribution is -2.16. The Balaban J connectivity index is 1.62. The van der Waals surface area contributed by atoms with E-state index >= 15 is 0 Å². The van der Waals surface area contributed by atoms with Crippen molar-refractivity contribution in [3.8, 4) is 11.5 Å². The minimum atomic E-state index is -4.95. The fourth-order valence-corrected chi connectivity index (χ4v) is 2.83. The minimum Gasteiger partial charge on any atom is -0.497 e. The summed E-state index contributed by atoms with van der Waals surface area (Å²) >= 11 is 0. The van der Waals surface area contributed by atoms with E-state index in [0.29, 0.717) is 22.6 Å². The zero-order valence-corrected chi connectivity index (χ0v) is 16.3. The SMILES string of the molecule is COc1ccc(COc2ccc(CCn3nc(C(F)(F)F)cc3C(F)(F)F)cc2)cc1. The second-order valence-corrected chi connectivity index (χ2v) is 6.66. The van der Waals surface area contributed by atoms with Gasteiger partial charge in [-0.05, 0) is 41.8 Å². The largest absolute Gasteiger partial charge is 0.497 e. The van der Waals surface area contributed by atoms with Crippen LogP contribution in [0.2, 0.25) is 0 Å². The van der Waals surface area contributed by atoms with E-state index in [4.69, 9.17) is 9.47 Å². The maximum absolute atomic E-state index is 13.0. The van der Waals surface area contributed by atoms with Gasteiger partial charge in [-0.1, -0.05) is 24.3 Å². The van der Waals surface area contributed by atoms with Gasteiger partial charge in [0.25, 0.3) is 0 Å². The first-order valence-corrected chi connectivity index (χ1v) is 9.13. The van der Waals surface area contributed by atoms with E-state index in [0.717, 1.165) is 11.3 Å². The Kier molecular flexibility index (Phi) is 6.47. The van der Waals surface area contributed by atoms with Gasteiger partial charge in [-0.15, -0.1) is 0 Å². The molecule has 3 aromatic rings. The van der Waals surface area contributed by atoms with Crippen LogP contribution in [0.3, 0.4) is 0 Å². The molecule has 1 aromatic heterocycles. The molecule has 0 amide bonds. The van der Waals surface area contributed by atoms with Crippen molar-refractivity contribution >= 4 is 0 Å². The molecule has 0 N–H and O–H groups in total. The average Bonchev–Trinajstić information content (AvgIpc) is 3.17. The van der Waals surface area contributed by atoms with Crippen molar-refractivity contribution in [1.29, 1.82) is 0 Å². The molecule has 1 heterocycles. The van der Waals surface area contributed by atoms with Crippen LogP contribution in [0.1, 0.15) is 22.5 Å². The Morgan fingerprint density at radius 2 is 1.39 bits per heavy atom. The van der Waals surface area contributed by atoms with Crippen molar-refractivity contribution in [3.63, 3.8) is 0 Å². The highest BCUT2D eigenvalue weighted by Crippen LogP contribution is 2.35. The molecule has 4 nitrogen and oxygen atoms in total. The number of hydrogen-bond donors (Lipinski definition) is 0. The summed E-state index contributed by atoms with van der Waals surface area (Å²) in [6.07, 6.45) is -9.81. The van der Waals surface area contributed by atoms with Crippen LogP contribution in [0, 0.1) is 0 Å². The van der Waals surface area contributed by atoms with Crippen LogP contribution in [0.25, 0.3) is 0 Å². The van der Waals surface area contributed by atoms with Gasteiger partial charge in [0.1, 0.15) is 23.8 Å². The second kappa shape index (κ2) is 8.91. The van der Waals surface area contributed by atoms with Crippen LogP contribution in [0.5, 0.6) is 11.5 Å². The normalized spacial score (nSPS) is 12.1. The Bertz CT molecular complexity index is 993. The van der Waals surface area contributed by atoms with E-state index in [1.54, 1.807) is 43.5 Å². The third-order valence-electron chi connectivity index (χ3n) is 4.46. The van der Waals surface area contributed by atoms with Gasteiger partial charge in [0.05, 0.1) is 7.11 Å². The fourth-order valence-electron chi connectivity index (χ4n) is 2.83. The van der Waals surface area contributed by atoms with Crippen molar-refractivity contribution in [2.45, 2.75) is 31.9 Å². The lowest BCUT2D eigenvalue weighted by Gasteiger charge is -2.11. The van der Waals surface area contributed by atoms with Crippen molar-refractivity contribution in [2.75, 3.05) is 7.11 Å². The number of halogens is 6. The molecule has 3 rings (SSSR count). The molecule has 0 saturated heterocycles. The first-order valence-electron chi connectivity index (χ1n) is 9.13. The summed E-state index contributed by atoms with van der Waals surface area (Å²) in [6, 6.07) is 13.9. The lowest BCUT2D eigenvalue weighted by molar-refractivity contribution is -0.144. The van der Waals surface area contributed by atoms with Crippen molar-refractivity contribution in [3.05, 3.63) is 77.1 Å². The Labute approximate surface area is 174 Å². The number of rotatable bonds is 7. The molecule has 0 aliphatic rings. The van der Waals surface area contributed by atoms with E-state index in [9.17, 15) is 26.3 Å². The minimum absolute atomic E-state index is 0.0239. The Morgan fingerprint density at radius 1 is 0.806 bits per heavy atom. The molecule has 166 valence electrons. The maximum Gasteiger partial charge on any atom is 0.435 e. The predicted molar refractivity (Wildman–Crippen MR) is 99.7 cm³/mol. The number of alkyl halides is 6. The maximum atomic E-state index is 13.0. The van der Waals surface area contributed by atoms with E-state index in [-0.39, 0.29) is 19.0 Å². The smallest absolute Gasteiger partial charge is 0.435 e. The number of ether oxygens (including phenoxy) is 2. The molecule has 0 fully saturated rings. The average molecular weight is 444 g/mol. The molecule has 0 radical (unpaired) electrons. The van der Waals surface area contributed by atoms with Gasteiger partial charge in [-0.3, -0.25) is 4.68 Å². The van der Waals surface area contributed by atoms with Crippen LogP contribution in [-0.2, 0) is 31.9 Å². The summed E-state index contributed by atoms with van der Waals surface area (Å²) in [7, 11) is 1.57. The third kappa shape index (κ3) is 5.93. The summed E-state index contributed by atoms with van der Waals surface area (Å²) in [4.78, 5) is 0. The molecule has 0 unspecified atom stereocenters. The molecule has 0 aliphatic carbocycles. The fraction of sp³-hybridized carbons (Fsp3) is 0.286. The Hall–Kier alpha value is -3.17. The molecule has 0 bridgehead atoms. The van der Waals surface area contributed by atoms with Gasteiger partial charge in [-0.25, -0.2) is 0 Å². The van der Waals surface area contributed by atoms with Crippen LogP contribution in [0.15, 0.2) is 54.6 Å². The van der Waals surface area contributed by atoms with E-state index in [1.165, 1.54) is 0 Å². The van der Waals surface area contributed by atoms with Crippen molar-refractivity contribution < 1.29 is 35.8 Å². The first-order chi connectivity index (χ1) is 14.6. The summed E-state index contributed by atoms with van der Waals surface area (Å²) in [5, 5.41) is 3.09. The van der Waals surface area contributed by atoms with Crippen LogP contribution in [0.4, 0.5) is 26.3 Å². The van der Waals surface area contributed by atoms with Gasteiger partial charge >= 0.3 is 12.4 Å². The molecule has 0 aliphatic heterocycles. The zero-order valence-electron chi connectivity index (χ0n) is 16.3. The van der Waals surface area contributed by atoms with E-state index in [1.807, 2.05) is 12.1 Å². The summed E-state index contributed by atoms with van der Waals surface area (Å²) in [6.45, 7) is -0.0389. The molecule has 0 spiro atoms. The molecular formula is C21H18F6N2O2. The van der Waals surface area contributed by atoms with Gasteiger partial charge in [0.2, 0.25) is 0 Å². The van der Waals surface area contributed by atoms with Gasteiger partial charge < -0.3 is 9.47 Å². The second-order valence-electron chi connectivity index (χ2n) is 6.66. The molecule has 2 aromatic carbocycles. The monoisotopic (exact) mass is 444 g/mol. The standard InChI is InChI=1S/C21H18F6N2O2/c1-30-16-6-4-15(5-7-16)13-31-17-8-2-14(3-9-17)10-11-29-19(21(25,26)27)12-18(28-29)20(22,23)24/h2-9,12H,10-11,13H2,1H3. The van der Waals surface area contributed by atoms with Gasteiger partial charge in [0, 0.05) is 12.6 Å². The quantitative estimate of drug-likeness (QED) is 0.436. The van der Waals surface area contributed by atoms with Crippen LogP contribution < -0.4 is 9.47 Å². The van der Waals surface area contributed by atoms with Crippen molar-refractivity contribution in [1.82, 2.24) is 9.78 Å². The van der Waals surface area contributed by atoms with Gasteiger partial charge in [0.15, 0.2) is 5.69 Å². The Morgan fingerprint density at radius 3 is 1.94 bits per heavy atom. The number of aryl methyl sites for hydroxylation is 2. The van der Waals surface area contributed by atoms with Gasteiger partial charge in [-0.2, -0.15) is 31.4 Å². The number of hydrogen-bond acceptors (Lipinski definition) is 3. The summed E-state index contributed by atoms with van der Waals surface area (Å²) < 4.78 is 88.5. The number of aromatic nitrogens is 2. The van der Waals surface area contributed by atoms with Crippen molar-refractivity contribution in [2.24, 2.45) is 0 Å². The molecule has 0 atom stereocenters. The highest BCUT2D eigenvalue weighted by molar-refractivity contribution is 5.29. The first kappa shape index (κ1) is 22.5. The number of benzene rings is 2. The highest BCUT2D eigenvalue weighted by Gasteiger charge is 2.41. The van der Waals surface area contributed by atoms with E-state index in [2.05, 4.69) is 5.10 Å². The lowest BCUT2D eigenvalue weighted by atomic mass is 10.1. The number of methoxy groups -OCH3 is 1. The van der Waals surface area contributed by atoms with Crippen LogP contribution >= 0.6 is 0 Å². The zero-order chi connectivity index (χ0) is 22.6. The molecule has 10 heteroatoms. The topological polar surface area (TPSA) is 36.3 Å². The van der Waals surface area contributed by atoms with E-state index < -0.39 is 23.7 Å². The summed E-state index contributed by atoms with van der Waals surface area (Å²) in [5.41, 5.74) is -1.45. The number of nitrogens with zero attached hydrogens (tertiary/aromatic N) is 2. The molecule has 0 saturated carbocycles. The van der Waals surface area contributed by atoms with Crippen LogP contribution in [-0.4, -0.2) is 16.9 Å². The molecule has 31 heavy (non-hydrogen) atoms. The molecular weight excluding hydrogens is 426 g/mol. The highest BCUT2D eigenvalue weighted by atomic mass is 19.4. The third-order valence-corrected chi connectivity index (χ3v) is 4.46.